The van der Waals surface area contributed by atoms with Crippen LogP contribution in [0.15, 0.2) is 46.5 Å². The lowest BCUT2D eigenvalue weighted by molar-refractivity contribution is -0.137. The van der Waals surface area contributed by atoms with E-state index in [1.54, 1.807) is 12.1 Å². The van der Waals surface area contributed by atoms with E-state index in [-0.39, 0.29) is 36.9 Å². The predicted molar refractivity (Wildman–Crippen MR) is 106 cm³/mol. The summed E-state index contributed by atoms with van der Waals surface area (Å²) < 4.78 is 54.4. The molecule has 0 N–H and O–H groups in total. The average Bonchev–Trinajstić information content (AvgIpc) is 3.14. The summed E-state index contributed by atoms with van der Waals surface area (Å²) in [5.41, 5.74) is -0.0759. The number of aliphatic imine (C=N–C) groups is 1. The van der Waals surface area contributed by atoms with Crippen LogP contribution in [0.4, 0.5) is 17.6 Å². The van der Waals surface area contributed by atoms with E-state index >= 15 is 0 Å². The lowest BCUT2D eigenvalue weighted by Gasteiger charge is -2.19. The summed E-state index contributed by atoms with van der Waals surface area (Å²) in [6, 6.07) is 9.07. The molecule has 3 rings (SSSR count). The Morgan fingerprint density at radius 1 is 1.26 bits per heavy atom. The molecule has 0 aliphatic carbocycles. The summed E-state index contributed by atoms with van der Waals surface area (Å²) in [5, 5.41) is 13.9. The number of likely N-dealkylation sites (N-methyl/N-ethyl adjacent to an activating group) is 1. The van der Waals surface area contributed by atoms with Gasteiger partial charge in [-0.2, -0.15) is 18.4 Å². The van der Waals surface area contributed by atoms with Gasteiger partial charge >= 0.3 is 6.18 Å². The zero-order valence-electron chi connectivity index (χ0n) is 16.4. The molecule has 0 unspecified atom stereocenters. The maximum Gasteiger partial charge on any atom is 0.417 e. The molecule has 1 amide bonds. The van der Waals surface area contributed by atoms with E-state index in [0.29, 0.717) is 5.56 Å². The second kappa shape index (κ2) is 8.55. The number of carbonyl (C=O) groups excluding carboxylic acids is 1. The molecular weight excluding hydrogens is 414 g/mol. The number of nitrogens with zero attached hydrogens (tertiary/aromatic N) is 5. The van der Waals surface area contributed by atoms with Crippen LogP contribution in [-0.2, 0) is 24.1 Å². The Hall–Kier alpha value is -3.74. The van der Waals surface area contributed by atoms with Gasteiger partial charge in [-0.05, 0) is 41.6 Å². The highest BCUT2D eigenvalue weighted by atomic mass is 19.4. The lowest BCUT2D eigenvalue weighted by Crippen LogP contribution is -2.34. The molecule has 0 saturated carbocycles. The Balaban J connectivity index is 1.82. The molecule has 31 heavy (non-hydrogen) atoms. The number of benzene rings is 2. The van der Waals surface area contributed by atoms with Crippen molar-refractivity contribution in [3.63, 3.8) is 0 Å². The number of hydrogen-bond donors (Lipinski definition) is 0. The quantitative estimate of drug-likeness (QED) is 0.320. The van der Waals surface area contributed by atoms with Crippen molar-refractivity contribution in [3.05, 3.63) is 58.9 Å². The van der Waals surface area contributed by atoms with E-state index in [1.807, 2.05) is 0 Å². The highest BCUT2D eigenvalue weighted by Crippen LogP contribution is 2.39. The largest absolute Gasteiger partial charge is 0.417 e. The number of hydrazone groups is 1. The first-order chi connectivity index (χ1) is 14.6. The molecule has 10 heteroatoms. The molecule has 0 atom stereocenters. The molecule has 0 radical (unpaired) electrons. The van der Waals surface area contributed by atoms with Crippen molar-refractivity contribution in [3.8, 4) is 17.2 Å². The Morgan fingerprint density at radius 2 is 1.97 bits per heavy atom. The van der Waals surface area contributed by atoms with Crippen molar-refractivity contribution < 1.29 is 22.4 Å². The van der Waals surface area contributed by atoms with Crippen LogP contribution in [0.1, 0.15) is 16.7 Å². The van der Waals surface area contributed by atoms with Gasteiger partial charge in [-0.3, -0.25) is 9.80 Å². The number of amidine groups is 1. The highest BCUT2D eigenvalue weighted by molar-refractivity contribution is 5.99. The third-order valence-corrected chi connectivity index (χ3v) is 4.77. The van der Waals surface area contributed by atoms with Gasteiger partial charge in [-0.15, -0.1) is 5.10 Å². The van der Waals surface area contributed by atoms with Gasteiger partial charge in [-0.25, -0.2) is 9.38 Å². The summed E-state index contributed by atoms with van der Waals surface area (Å²) in [4.78, 5) is 17.5. The molecule has 1 aliphatic heterocycles. The zero-order chi connectivity index (χ0) is 22.8. The van der Waals surface area contributed by atoms with Crippen molar-refractivity contribution in [2.24, 2.45) is 10.1 Å². The second-order valence-electron chi connectivity index (χ2n) is 6.90. The van der Waals surface area contributed by atoms with E-state index in [1.165, 1.54) is 29.1 Å². The number of alkyl halides is 3. The first kappa shape index (κ1) is 22.0. The van der Waals surface area contributed by atoms with Gasteiger partial charge in [0.05, 0.1) is 5.56 Å². The molecule has 0 saturated heterocycles. The van der Waals surface area contributed by atoms with Gasteiger partial charge in [0.25, 0.3) is 0 Å². The van der Waals surface area contributed by atoms with Gasteiger partial charge in [0.2, 0.25) is 11.7 Å². The Bertz CT molecular complexity index is 1100. The molecule has 160 valence electrons. The van der Waals surface area contributed by atoms with Gasteiger partial charge in [0.15, 0.2) is 0 Å². The minimum absolute atomic E-state index is 0.0934. The summed E-state index contributed by atoms with van der Waals surface area (Å²) in [7, 11) is 1.50. The molecule has 1 heterocycles. The SMILES string of the molecule is C=N/C(C#N)=N\N(C)CC(=O)N1Cc2ccc(-c3c(F)cccc3C(F)(F)F)cc2C1. The first-order valence-corrected chi connectivity index (χ1v) is 9.06. The molecule has 2 aromatic rings. The van der Waals surface area contributed by atoms with Crippen LogP contribution in [0.25, 0.3) is 11.1 Å². The molecule has 0 spiro atoms. The number of hydrogen-bond acceptors (Lipinski definition) is 4. The minimum Gasteiger partial charge on any atom is -0.332 e. The minimum atomic E-state index is -4.70. The van der Waals surface area contributed by atoms with Crippen LogP contribution in [0.5, 0.6) is 0 Å². The fraction of sp³-hybridized carbons (Fsp3) is 0.238. The van der Waals surface area contributed by atoms with Crippen molar-refractivity contribution in [1.29, 1.82) is 5.26 Å². The maximum atomic E-state index is 14.3. The topological polar surface area (TPSA) is 72.1 Å². The van der Waals surface area contributed by atoms with E-state index in [9.17, 15) is 22.4 Å². The summed E-state index contributed by atoms with van der Waals surface area (Å²) >= 11 is 0. The molecular formula is C21H17F4N5O. The van der Waals surface area contributed by atoms with Crippen LogP contribution in [0, 0.1) is 17.1 Å². The van der Waals surface area contributed by atoms with E-state index in [4.69, 9.17) is 5.26 Å². The first-order valence-electron chi connectivity index (χ1n) is 9.06. The van der Waals surface area contributed by atoms with Crippen LogP contribution in [-0.4, -0.2) is 42.0 Å². The van der Waals surface area contributed by atoms with Crippen molar-refractivity contribution in [2.75, 3.05) is 13.6 Å². The Morgan fingerprint density at radius 3 is 2.61 bits per heavy atom. The average molecular weight is 431 g/mol. The van der Waals surface area contributed by atoms with Gasteiger partial charge < -0.3 is 4.90 Å². The van der Waals surface area contributed by atoms with Crippen molar-refractivity contribution in [2.45, 2.75) is 19.3 Å². The maximum absolute atomic E-state index is 14.3. The number of rotatable bonds is 4. The Kier molecular flexibility index (Phi) is 6.06. The standard InChI is InChI=1S/C21H17F4N5O/c1-27-18(9-26)28-29(2)12-19(31)30-10-14-7-6-13(8-15(14)11-30)20-16(21(23,24)25)4-3-5-17(20)22/h3-8H,1,10-12H2,2H3/b28-18-. The predicted octanol–water partition coefficient (Wildman–Crippen LogP) is 3.82. The monoisotopic (exact) mass is 431 g/mol. The molecule has 0 bridgehead atoms. The van der Waals surface area contributed by atoms with Crippen LogP contribution >= 0.6 is 0 Å². The smallest absolute Gasteiger partial charge is 0.332 e. The second-order valence-corrected chi connectivity index (χ2v) is 6.90. The summed E-state index contributed by atoms with van der Waals surface area (Å²) in [5.74, 6) is -1.45. The van der Waals surface area contributed by atoms with Gasteiger partial charge in [0.1, 0.15) is 18.4 Å². The fourth-order valence-electron chi connectivity index (χ4n) is 3.36. The van der Waals surface area contributed by atoms with Crippen LogP contribution < -0.4 is 0 Å². The Labute approximate surface area is 175 Å². The fourth-order valence-corrected chi connectivity index (χ4v) is 3.36. The third kappa shape index (κ3) is 4.71. The summed E-state index contributed by atoms with van der Waals surface area (Å²) in [6.45, 7) is 3.51. The molecule has 0 aromatic heterocycles. The zero-order valence-corrected chi connectivity index (χ0v) is 16.4. The molecule has 1 aliphatic rings. The van der Waals surface area contributed by atoms with E-state index < -0.39 is 23.1 Å². The van der Waals surface area contributed by atoms with Gasteiger partial charge in [-0.1, -0.05) is 18.2 Å². The van der Waals surface area contributed by atoms with Crippen LogP contribution in [0.2, 0.25) is 0 Å². The van der Waals surface area contributed by atoms with E-state index in [0.717, 1.165) is 23.8 Å². The molecule has 2 aromatic carbocycles. The number of carbonyl (C=O) groups is 1. The summed E-state index contributed by atoms with van der Waals surface area (Å²) in [6.07, 6.45) is -4.70. The normalized spacial score (nSPS) is 13.5. The number of halogens is 4. The number of nitriles is 1. The number of amides is 1. The highest BCUT2D eigenvalue weighted by Gasteiger charge is 2.35. The third-order valence-electron chi connectivity index (χ3n) is 4.77. The molecule has 6 nitrogen and oxygen atoms in total. The van der Waals surface area contributed by atoms with Gasteiger partial charge in [0, 0.05) is 25.7 Å². The van der Waals surface area contributed by atoms with Crippen molar-refractivity contribution in [1.82, 2.24) is 9.91 Å². The number of fused-ring (bicyclic) bond motifs is 1. The van der Waals surface area contributed by atoms with Crippen LogP contribution in [0.3, 0.4) is 0 Å². The lowest BCUT2D eigenvalue weighted by atomic mass is 9.96. The van der Waals surface area contributed by atoms with Crippen molar-refractivity contribution >= 4 is 18.5 Å². The molecule has 0 fully saturated rings. The van der Waals surface area contributed by atoms with E-state index in [2.05, 4.69) is 16.8 Å².